The summed E-state index contributed by atoms with van der Waals surface area (Å²) in [6.45, 7) is 3.91. The summed E-state index contributed by atoms with van der Waals surface area (Å²) in [6.07, 6.45) is 1.49. The van der Waals surface area contributed by atoms with Gasteiger partial charge in [0.1, 0.15) is 0 Å². The molecule has 3 rings (SSSR count). The average Bonchev–Trinajstić information content (AvgIpc) is 3.06. The van der Waals surface area contributed by atoms with Gasteiger partial charge in [-0.1, -0.05) is 59.2 Å². The van der Waals surface area contributed by atoms with Crippen LogP contribution in [0.25, 0.3) is 0 Å². The van der Waals surface area contributed by atoms with Crippen LogP contribution in [0.1, 0.15) is 16.7 Å². The van der Waals surface area contributed by atoms with Crippen molar-refractivity contribution < 1.29 is 4.79 Å². The number of halogens is 2. The number of aryl methyl sites for hydroxylation is 2. The van der Waals surface area contributed by atoms with Crippen LogP contribution < -0.4 is 16.6 Å². The van der Waals surface area contributed by atoms with Crippen molar-refractivity contribution in [3.05, 3.63) is 63.1 Å². The predicted octanol–water partition coefficient (Wildman–Crippen LogP) is 4.09. The highest BCUT2D eigenvalue weighted by molar-refractivity contribution is 7.99. The van der Waals surface area contributed by atoms with Crippen LogP contribution in [0.4, 0.5) is 11.6 Å². The Hall–Kier alpha value is -2.75. The van der Waals surface area contributed by atoms with Gasteiger partial charge in [-0.05, 0) is 37.1 Å². The number of benzene rings is 2. The van der Waals surface area contributed by atoms with Crippen molar-refractivity contribution in [1.82, 2.24) is 14.9 Å². The molecule has 1 amide bonds. The Morgan fingerprint density at radius 2 is 2.07 bits per heavy atom. The number of nitrogens with zero attached hydrogens (tertiary/aromatic N) is 4. The molecule has 0 saturated heterocycles. The number of anilines is 2. The lowest BCUT2D eigenvalue weighted by Crippen LogP contribution is -2.17. The Kier molecular flexibility index (Phi) is 7.20. The summed E-state index contributed by atoms with van der Waals surface area (Å²) in [5, 5.41) is 16.0. The lowest BCUT2D eigenvalue weighted by molar-refractivity contribution is -0.113. The second kappa shape index (κ2) is 9.84. The molecule has 3 aromatic rings. The Bertz CT molecular complexity index is 1100. The molecule has 30 heavy (non-hydrogen) atoms. The molecule has 0 saturated carbocycles. The van der Waals surface area contributed by atoms with E-state index in [9.17, 15) is 4.79 Å². The van der Waals surface area contributed by atoms with Gasteiger partial charge >= 0.3 is 0 Å². The van der Waals surface area contributed by atoms with E-state index in [4.69, 9.17) is 29.0 Å². The van der Waals surface area contributed by atoms with Crippen LogP contribution >= 0.6 is 35.0 Å². The molecule has 156 valence electrons. The van der Waals surface area contributed by atoms with Gasteiger partial charge in [0.25, 0.3) is 5.95 Å². The van der Waals surface area contributed by atoms with E-state index in [1.807, 2.05) is 32.0 Å². The standard InChI is InChI=1S/C19H19Cl2N7OS/c1-11-6-7-12(2)15(8-11)24-16(29)10-30-19-27-26-18(28(19)22)25-23-9-13-4-3-5-14(20)17(13)21/h3-9H,10,22H2,1-2H3,(H,24,29)(H,25,26)/b23-9+. The molecule has 2 aromatic carbocycles. The number of nitrogens with two attached hydrogens (primary N) is 1. The second-order valence-corrected chi connectivity index (χ2v) is 8.07. The fraction of sp³-hybridized carbons (Fsp3) is 0.158. The maximum Gasteiger partial charge on any atom is 0.264 e. The van der Waals surface area contributed by atoms with E-state index in [1.54, 1.807) is 18.2 Å². The smallest absolute Gasteiger partial charge is 0.264 e. The minimum absolute atomic E-state index is 0.129. The molecule has 0 radical (unpaired) electrons. The van der Waals surface area contributed by atoms with Crippen LogP contribution in [0.3, 0.4) is 0 Å². The topological polar surface area (TPSA) is 110 Å². The van der Waals surface area contributed by atoms with Gasteiger partial charge in [0.05, 0.1) is 22.0 Å². The molecule has 0 aliphatic carbocycles. The Morgan fingerprint density at radius 1 is 1.27 bits per heavy atom. The molecule has 0 atom stereocenters. The van der Waals surface area contributed by atoms with Gasteiger partial charge in [-0.2, -0.15) is 5.10 Å². The molecule has 0 aliphatic heterocycles. The van der Waals surface area contributed by atoms with Crippen LogP contribution in [-0.4, -0.2) is 32.7 Å². The third-order valence-corrected chi connectivity index (χ3v) is 5.79. The number of hydrogen-bond donors (Lipinski definition) is 3. The van der Waals surface area contributed by atoms with Gasteiger partial charge < -0.3 is 11.2 Å². The van der Waals surface area contributed by atoms with Crippen LogP contribution in [0.15, 0.2) is 46.7 Å². The first-order valence-corrected chi connectivity index (χ1v) is 10.5. The molecule has 1 aromatic heterocycles. The largest absolute Gasteiger partial charge is 0.334 e. The number of carbonyl (C=O) groups is 1. The number of carbonyl (C=O) groups excluding carboxylic acids is 1. The summed E-state index contributed by atoms with van der Waals surface area (Å²) in [5.74, 6) is 6.15. The van der Waals surface area contributed by atoms with E-state index in [0.717, 1.165) is 28.6 Å². The second-order valence-electron chi connectivity index (χ2n) is 6.34. The summed E-state index contributed by atoms with van der Waals surface area (Å²) in [6, 6.07) is 11.1. The zero-order valence-electron chi connectivity index (χ0n) is 16.2. The van der Waals surface area contributed by atoms with E-state index in [-0.39, 0.29) is 17.6 Å². The third kappa shape index (κ3) is 5.44. The van der Waals surface area contributed by atoms with Crippen molar-refractivity contribution >= 4 is 58.7 Å². The Morgan fingerprint density at radius 3 is 2.87 bits per heavy atom. The van der Waals surface area contributed by atoms with Gasteiger partial charge in [0.15, 0.2) is 0 Å². The van der Waals surface area contributed by atoms with Crippen LogP contribution in [-0.2, 0) is 4.79 Å². The van der Waals surface area contributed by atoms with Gasteiger partial charge in [-0.15, -0.1) is 10.2 Å². The number of nitrogens with one attached hydrogen (secondary N) is 2. The molecule has 0 fully saturated rings. The lowest BCUT2D eigenvalue weighted by atomic mass is 10.1. The molecule has 11 heteroatoms. The summed E-state index contributed by atoms with van der Waals surface area (Å²) in [4.78, 5) is 12.3. The van der Waals surface area contributed by atoms with Gasteiger partial charge in [-0.3, -0.25) is 4.79 Å². The van der Waals surface area contributed by atoms with Gasteiger partial charge in [0.2, 0.25) is 11.1 Å². The van der Waals surface area contributed by atoms with Crippen molar-refractivity contribution in [3.63, 3.8) is 0 Å². The monoisotopic (exact) mass is 463 g/mol. The SMILES string of the molecule is Cc1ccc(C)c(NC(=O)CSc2nnc(N/N=C/c3cccc(Cl)c3Cl)n2N)c1. The number of nitrogen functional groups attached to an aromatic ring is 1. The maximum atomic E-state index is 12.3. The zero-order chi connectivity index (χ0) is 21.7. The molecule has 1 heterocycles. The van der Waals surface area contributed by atoms with E-state index >= 15 is 0 Å². The summed E-state index contributed by atoms with van der Waals surface area (Å²) >= 11 is 13.2. The van der Waals surface area contributed by atoms with E-state index in [0.29, 0.717) is 20.8 Å². The first-order chi connectivity index (χ1) is 14.3. The normalized spacial score (nSPS) is 11.1. The van der Waals surface area contributed by atoms with Gasteiger partial charge in [-0.25, -0.2) is 10.1 Å². The van der Waals surface area contributed by atoms with E-state index in [1.165, 1.54) is 10.9 Å². The number of hydrogen-bond acceptors (Lipinski definition) is 7. The maximum absolute atomic E-state index is 12.3. The van der Waals surface area contributed by atoms with Crippen molar-refractivity contribution in [2.45, 2.75) is 19.0 Å². The summed E-state index contributed by atoms with van der Waals surface area (Å²) in [7, 11) is 0. The minimum Gasteiger partial charge on any atom is -0.334 e. The molecule has 0 bridgehead atoms. The molecule has 0 aliphatic rings. The number of rotatable bonds is 7. The molecule has 0 spiro atoms. The fourth-order valence-corrected chi connectivity index (χ4v) is 3.43. The molecule has 0 unspecified atom stereocenters. The Labute approximate surface area is 187 Å². The van der Waals surface area contributed by atoms with Crippen molar-refractivity contribution in [2.75, 3.05) is 22.3 Å². The summed E-state index contributed by atoms with van der Waals surface area (Å²) < 4.78 is 1.22. The van der Waals surface area contributed by atoms with Crippen molar-refractivity contribution in [3.8, 4) is 0 Å². The van der Waals surface area contributed by atoms with E-state index < -0.39 is 0 Å². The lowest BCUT2D eigenvalue weighted by Gasteiger charge is -2.09. The number of hydrazone groups is 1. The molecule has 8 nitrogen and oxygen atoms in total. The number of thioether (sulfide) groups is 1. The highest BCUT2D eigenvalue weighted by Gasteiger charge is 2.13. The first kappa shape index (κ1) is 21.9. The van der Waals surface area contributed by atoms with Crippen LogP contribution in [0.5, 0.6) is 0 Å². The molecule has 4 N–H and O–H groups in total. The van der Waals surface area contributed by atoms with Crippen LogP contribution in [0, 0.1) is 13.8 Å². The zero-order valence-corrected chi connectivity index (χ0v) is 18.5. The summed E-state index contributed by atoms with van der Waals surface area (Å²) in [5.41, 5.74) is 6.17. The quantitative estimate of drug-likeness (QED) is 0.210. The predicted molar refractivity (Wildman–Crippen MR) is 123 cm³/mol. The fourth-order valence-electron chi connectivity index (χ4n) is 2.42. The highest BCUT2D eigenvalue weighted by Crippen LogP contribution is 2.24. The first-order valence-electron chi connectivity index (χ1n) is 8.78. The molecular formula is C19H19Cl2N7OS. The number of aromatic nitrogens is 3. The van der Waals surface area contributed by atoms with Crippen molar-refractivity contribution in [1.29, 1.82) is 0 Å². The molecular weight excluding hydrogens is 445 g/mol. The van der Waals surface area contributed by atoms with Crippen LogP contribution in [0.2, 0.25) is 10.0 Å². The van der Waals surface area contributed by atoms with E-state index in [2.05, 4.69) is 26.0 Å². The van der Waals surface area contributed by atoms with Crippen molar-refractivity contribution in [2.24, 2.45) is 5.10 Å². The average molecular weight is 464 g/mol. The number of amides is 1. The Balaban J connectivity index is 1.57. The van der Waals surface area contributed by atoms with Gasteiger partial charge in [0, 0.05) is 11.3 Å². The highest BCUT2D eigenvalue weighted by atomic mass is 35.5. The minimum atomic E-state index is -0.167. The third-order valence-electron chi connectivity index (χ3n) is 4.01.